The molecule has 4 aromatic carbocycles. The molecule has 394 valence electrons. The Labute approximate surface area is 434 Å². The van der Waals surface area contributed by atoms with Crippen LogP contribution < -0.4 is 0 Å². The molecule has 13 nitrogen and oxygen atoms in total. The van der Waals surface area contributed by atoms with E-state index in [2.05, 4.69) is 48.5 Å². The summed E-state index contributed by atoms with van der Waals surface area (Å²) >= 11 is 0. The summed E-state index contributed by atoms with van der Waals surface area (Å²) in [5.41, 5.74) is 2.91. The highest BCUT2D eigenvalue weighted by Gasteiger charge is 2.48. The van der Waals surface area contributed by atoms with Crippen molar-refractivity contribution in [2.75, 3.05) is 53.4 Å². The predicted octanol–water partition coefficient (Wildman–Crippen LogP) is 11.3. The van der Waals surface area contributed by atoms with Crippen LogP contribution in [0.3, 0.4) is 0 Å². The van der Waals surface area contributed by atoms with E-state index in [0.29, 0.717) is 57.0 Å². The smallest absolute Gasteiger partial charge is 0.411 e. The van der Waals surface area contributed by atoms with Crippen molar-refractivity contribution in [1.29, 1.82) is 0 Å². The molecule has 0 unspecified atom stereocenters. The molecule has 4 aliphatic heterocycles. The highest BCUT2D eigenvalue weighted by molar-refractivity contribution is 5.76. The molecule has 4 heterocycles. The first-order valence-corrected chi connectivity index (χ1v) is 26.6. The molecule has 8 rings (SSSR count). The number of carbonyl (C=O) groups is 4. The van der Waals surface area contributed by atoms with Gasteiger partial charge in [0.2, 0.25) is 5.91 Å². The van der Waals surface area contributed by atoms with E-state index in [1.165, 1.54) is 11.1 Å². The van der Waals surface area contributed by atoms with Crippen LogP contribution in [0.15, 0.2) is 109 Å². The number of amides is 5. The topological polar surface area (TPSA) is 143 Å². The minimum Gasteiger partial charge on any atom is -0.438 e. The summed E-state index contributed by atoms with van der Waals surface area (Å²) in [7, 11) is 3.59. The predicted molar refractivity (Wildman–Crippen MR) is 285 cm³/mol. The number of ether oxygens (including phenoxy) is 2. The van der Waals surface area contributed by atoms with Crippen LogP contribution in [0.1, 0.15) is 164 Å². The standard InChI is InChI=1S/C30H41N3O4.C30H40N2O4/c1-22(23-11-13-24(14-12-23)25-15-18-32(19-16-25)27(34)31(4)5)33-20-17-30(37-28(33)35,21-29(2,3)36)26-9-7-6-8-10-26;1-5-27(33)31-18-15-25(16-19-31)24-13-11-23(12-14-24)22(2)32-20-17-30(36-28(32)34,21-29(3,4)35)26-9-7-6-8-10-26/h6-14,22,25,36H,15-21H2,1-5H3;6-14,22,25,35H,5,15-21H2,1-4H3/t2*22-,30-/m00/s1. The molecule has 4 aliphatic rings. The maximum atomic E-state index is 13.3. The van der Waals surface area contributed by atoms with E-state index in [4.69, 9.17) is 9.47 Å². The Bertz CT molecular complexity index is 2460. The van der Waals surface area contributed by atoms with Crippen molar-refractivity contribution in [1.82, 2.24) is 24.5 Å². The molecule has 13 heteroatoms. The van der Waals surface area contributed by atoms with Gasteiger partial charge in [-0.05, 0) is 112 Å². The molecule has 4 saturated heterocycles. The minimum atomic E-state index is -0.977. The van der Waals surface area contributed by atoms with Crippen molar-refractivity contribution in [3.63, 3.8) is 0 Å². The summed E-state index contributed by atoms with van der Waals surface area (Å²) in [5.74, 6) is 1.14. The molecule has 4 fully saturated rings. The molecule has 0 aromatic heterocycles. The fourth-order valence-electron chi connectivity index (χ4n) is 11.6. The van der Waals surface area contributed by atoms with Crippen LogP contribution in [-0.4, -0.2) is 123 Å². The Hall–Kier alpha value is -5.92. The van der Waals surface area contributed by atoms with Crippen molar-refractivity contribution in [3.8, 4) is 0 Å². The second-order valence-electron chi connectivity index (χ2n) is 22.5. The zero-order chi connectivity index (χ0) is 52.7. The number of aliphatic hydroxyl groups is 2. The number of cyclic esters (lactones) is 2. The molecule has 4 atom stereocenters. The Kier molecular flexibility index (Phi) is 17.4. The Morgan fingerprint density at radius 2 is 0.945 bits per heavy atom. The molecule has 4 aromatic rings. The van der Waals surface area contributed by atoms with Crippen molar-refractivity contribution in [2.45, 2.75) is 153 Å². The van der Waals surface area contributed by atoms with E-state index in [0.717, 1.165) is 74.1 Å². The number of likely N-dealkylation sites (tertiary alicyclic amines) is 2. The second-order valence-corrected chi connectivity index (χ2v) is 22.5. The van der Waals surface area contributed by atoms with Crippen LogP contribution in [0, 0.1) is 0 Å². The Balaban J connectivity index is 0.000000214. The van der Waals surface area contributed by atoms with Gasteiger partial charge in [0.1, 0.15) is 11.2 Å². The SMILES string of the molecule is CCC(=O)N1CCC(c2ccc([C@H](C)N3CC[C@](CC(C)(C)O)(c4ccccc4)OC3=O)cc2)CC1.C[C@@H](c1ccc(C2CCN(C(=O)N(C)C)CC2)cc1)N1CC[C@](CC(C)(C)O)(c2ccccc2)OC1=O. The van der Waals surface area contributed by atoms with Gasteiger partial charge in [-0.25, -0.2) is 14.4 Å². The molecule has 5 amide bonds. The van der Waals surface area contributed by atoms with E-state index < -0.39 is 22.4 Å². The van der Waals surface area contributed by atoms with Crippen molar-refractivity contribution >= 4 is 24.1 Å². The maximum absolute atomic E-state index is 13.3. The molecule has 0 saturated carbocycles. The van der Waals surface area contributed by atoms with Crippen LogP contribution in [0.5, 0.6) is 0 Å². The van der Waals surface area contributed by atoms with E-state index in [1.807, 2.05) is 91.2 Å². The van der Waals surface area contributed by atoms with Gasteiger partial charge in [-0.3, -0.25) is 4.79 Å². The average Bonchev–Trinajstić information content (AvgIpc) is 3.38. The number of carbonyl (C=O) groups excluding carboxylic acids is 4. The lowest BCUT2D eigenvalue weighted by Crippen LogP contribution is -2.51. The van der Waals surface area contributed by atoms with E-state index in [9.17, 15) is 29.4 Å². The van der Waals surface area contributed by atoms with Crippen LogP contribution in [0.2, 0.25) is 0 Å². The van der Waals surface area contributed by atoms with Gasteiger partial charge >= 0.3 is 18.2 Å². The van der Waals surface area contributed by atoms with Crippen LogP contribution >= 0.6 is 0 Å². The number of urea groups is 1. The number of nitrogens with zero attached hydrogens (tertiary/aromatic N) is 5. The molecule has 0 aliphatic carbocycles. The number of piperidine rings is 2. The molecular formula is C60H81N5O8. The second kappa shape index (κ2) is 23.1. The van der Waals surface area contributed by atoms with Gasteiger partial charge in [0.05, 0.1) is 23.3 Å². The van der Waals surface area contributed by atoms with Crippen molar-refractivity contribution in [2.24, 2.45) is 0 Å². The zero-order valence-electron chi connectivity index (χ0n) is 44.9. The maximum Gasteiger partial charge on any atom is 0.411 e. The highest BCUT2D eigenvalue weighted by Crippen LogP contribution is 2.44. The molecule has 2 N–H and O–H groups in total. The summed E-state index contributed by atoms with van der Waals surface area (Å²) in [5, 5.41) is 21.2. The van der Waals surface area contributed by atoms with Gasteiger partial charge in [0, 0.05) is 85.5 Å². The molecule has 0 bridgehead atoms. The van der Waals surface area contributed by atoms with Gasteiger partial charge in [-0.1, -0.05) is 116 Å². The van der Waals surface area contributed by atoms with Gasteiger partial charge in [-0.15, -0.1) is 0 Å². The summed E-state index contributed by atoms with van der Waals surface area (Å²) in [6, 6.07) is 36.5. The third kappa shape index (κ3) is 13.4. The lowest BCUT2D eigenvalue weighted by atomic mass is 9.80. The van der Waals surface area contributed by atoms with E-state index in [-0.39, 0.29) is 36.2 Å². The van der Waals surface area contributed by atoms with Crippen molar-refractivity contribution < 1.29 is 38.9 Å². The van der Waals surface area contributed by atoms with E-state index >= 15 is 0 Å². The third-order valence-electron chi connectivity index (χ3n) is 15.6. The molecule has 73 heavy (non-hydrogen) atoms. The Morgan fingerprint density at radius 3 is 1.26 bits per heavy atom. The largest absolute Gasteiger partial charge is 0.438 e. The molecular weight excluding hydrogens is 919 g/mol. The first kappa shape index (κ1) is 54.8. The van der Waals surface area contributed by atoms with Crippen LogP contribution in [-0.2, 0) is 25.5 Å². The van der Waals surface area contributed by atoms with Gasteiger partial charge in [0.15, 0.2) is 0 Å². The summed E-state index contributed by atoms with van der Waals surface area (Å²) in [6.07, 6.45) is 5.66. The number of hydrogen-bond acceptors (Lipinski definition) is 8. The summed E-state index contributed by atoms with van der Waals surface area (Å²) in [6.45, 7) is 17.3. The number of hydrogen-bond donors (Lipinski definition) is 2. The molecule has 0 radical (unpaired) electrons. The fraction of sp³-hybridized carbons (Fsp3) is 0.533. The number of benzene rings is 4. The summed E-state index contributed by atoms with van der Waals surface area (Å²) in [4.78, 5) is 59.9. The average molecular weight is 1000 g/mol. The van der Waals surface area contributed by atoms with Crippen molar-refractivity contribution in [3.05, 3.63) is 143 Å². The van der Waals surface area contributed by atoms with Crippen LogP contribution in [0.25, 0.3) is 0 Å². The lowest BCUT2D eigenvalue weighted by molar-refractivity contribution is -0.131. The monoisotopic (exact) mass is 1000 g/mol. The lowest BCUT2D eigenvalue weighted by Gasteiger charge is -2.45. The highest BCUT2D eigenvalue weighted by atomic mass is 16.6. The third-order valence-corrected chi connectivity index (χ3v) is 15.6. The Morgan fingerprint density at radius 1 is 0.589 bits per heavy atom. The normalized spacial score (nSPS) is 22.1. The van der Waals surface area contributed by atoms with Gasteiger partial charge in [0.25, 0.3) is 0 Å². The van der Waals surface area contributed by atoms with Crippen LogP contribution in [0.4, 0.5) is 14.4 Å². The first-order chi connectivity index (χ1) is 34.6. The first-order valence-electron chi connectivity index (χ1n) is 26.6. The van der Waals surface area contributed by atoms with E-state index in [1.54, 1.807) is 56.5 Å². The quantitative estimate of drug-likeness (QED) is 0.135. The summed E-state index contributed by atoms with van der Waals surface area (Å²) < 4.78 is 12.3. The zero-order valence-corrected chi connectivity index (χ0v) is 44.9. The molecule has 0 spiro atoms. The minimum absolute atomic E-state index is 0.0786. The van der Waals surface area contributed by atoms with Gasteiger partial charge in [-0.2, -0.15) is 0 Å². The number of rotatable bonds is 13. The van der Waals surface area contributed by atoms with Gasteiger partial charge < -0.3 is 44.2 Å². The fourth-order valence-corrected chi connectivity index (χ4v) is 11.6.